The van der Waals surface area contributed by atoms with Crippen molar-refractivity contribution in [2.75, 3.05) is 39.5 Å². The number of thiazole rings is 1. The quantitative estimate of drug-likeness (QED) is 0.623. The first-order valence-electron chi connectivity index (χ1n) is 10.4. The van der Waals surface area contributed by atoms with E-state index in [0.717, 1.165) is 82.5 Å². The standard InChI is InChI=1S/C20H30N4O3S/c1-15-18(28-14-21-15)12-24-7-2-3-17(11-24)20-22-19(23-27-20)6-10-26-13-16-4-8-25-9-5-16/h14,16-17H,2-13H2,1H3. The van der Waals surface area contributed by atoms with Gasteiger partial charge in [0, 0.05) is 44.2 Å². The molecule has 2 saturated heterocycles. The summed E-state index contributed by atoms with van der Waals surface area (Å²) in [5, 5.41) is 4.18. The molecule has 0 N–H and O–H groups in total. The SMILES string of the molecule is Cc1ncsc1CN1CCCC(c2nc(CCOCC3CCOCC3)no2)C1. The second kappa shape index (κ2) is 9.91. The first kappa shape index (κ1) is 19.9. The molecule has 0 saturated carbocycles. The highest BCUT2D eigenvalue weighted by molar-refractivity contribution is 7.09. The highest BCUT2D eigenvalue weighted by atomic mass is 32.1. The van der Waals surface area contributed by atoms with Crippen molar-refractivity contribution in [1.29, 1.82) is 0 Å². The Morgan fingerprint density at radius 1 is 1.29 bits per heavy atom. The number of hydrogen-bond donors (Lipinski definition) is 0. The zero-order valence-corrected chi connectivity index (χ0v) is 17.5. The largest absolute Gasteiger partial charge is 0.381 e. The van der Waals surface area contributed by atoms with Crippen LogP contribution in [0.4, 0.5) is 0 Å². The van der Waals surface area contributed by atoms with E-state index in [9.17, 15) is 0 Å². The summed E-state index contributed by atoms with van der Waals surface area (Å²) in [5.74, 6) is 2.50. The average molecular weight is 407 g/mol. The van der Waals surface area contributed by atoms with E-state index in [1.807, 2.05) is 5.51 Å². The molecular formula is C20H30N4O3S. The Kier molecular flexibility index (Phi) is 7.06. The fourth-order valence-corrected chi connectivity index (χ4v) is 4.76. The van der Waals surface area contributed by atoms with Gasteiger partial charge in [-0.2, -0.15) is 4.98 Å². The topological polar surface area (TPSA) is 73.5 Å². The van der Waals surface area contributed by atoms with Crippen LogP contribution < -0.4 is 0 Å². The minimum Gasteiger partial charge on any atom is -0.381 e. The van der Waals surface area contributed by atoms with E-state index in [0.29, 0.717) is 24.9 Å². The zero-order valence-electron chi connectivity index (χ0n) is 16.6. The summed E-state index contributed by atoms with van der Waals surface area (Å²) in [4.78, 5) is 12.9. The second-order valence-corrected chi connectivity index (χ2v) is 8.80. The molecule has 0 aliphatic carbocycles. The van der Waals surface area contributed by atoms with Gasteiger partial charge in [0.2, 0.25) is 5.89 Å². The van der Waals surface area contributed by atoms with Crippen LogP contribution >= 0.6 is 11.3 Å². The minimum atomic E-state index is 0.325. The van der Waals surface area contributed by atoms with Crippen LogP contribution in [0.15, 0.2) is 10.0 Å². The molecule has 0 spiro atoms. The van der Waals surface area contributed by atoms with Gasteiger partial charge in [0.15, 0.2) is 5.82 Å². The monoisotopic (exact) mass is 406 g/mol. The molecule has 2 fully saturated rings. The molecule has 0 bridgehead atoms. The van der Waals surface area contributed by atoms with Crippen molar-refractivity contribution in [2.24, 2.45) is 5.92 Å². The number of rotatable bonds is 8. The van der Waals surface area contributed by atoms with Gasteiger partial charge in [-0.3, -0.25) is 4.90 Å². The van der Waals surface area contributed by atoms with E-state index >= 15 is 0 Å². The highest BCUT2D eigenvalue weighted by Gasteiger charge is 2.26. The molecule has 0 amide bonds. The molecule has 4 rings (SSSR count). The molecule has 2 aliphatic rings. The highest BCUT2D eigenvalue weighted by Crippen LogP contribution is 2.27. The second-order valence-electron chi connectivity index (χ2n) is 7.86. The summed E-state index contributed by atoms with van der Waals surface area (Å²) in [6, 6.07) is 0. The van der Waals surface area contributed by atoms with E-state index in [1.165, 1.54) is 4.88 Å². The zero-order chi connectivity index (χ0) is 19.2. The van der Waals surface area contributed by atoms with Gasteiger partial charge < -0.3 is 14.0 Å². The lowest BCUT2D eigenvalue weighted by atomic mass is 9.98. The van der Waals surface area contributed by atoms with Gasteiger partial charge >= 0.3 is 0 Å². The van der Waals surface area contributed by atoms with Crippen molar-refractivity contribution >= 4 is 11.3 Å². The minimum absolute atomic E-state index is 0.325. The first-order chi connectivity index (χ1) is 13.8. The Bertz CT molecular complexity index is 729. The van der Waals surface area contributed by atoms with Gasteiger partial charge in [-0.25, -0.2) is 4.98 Å². The van der Waals surface area contributed by atoms with E-state index in [1.54, 1.807) is 11.3 Å². The summed E-state index contributed by atoms with van der Waals surface area (Å²) in [7, 11) is 0. The number of hydrogen-bond acceptors (Lipinski definition) is 8. The van der Waals surface area contributed by atoms with Crippen molar-refractivity contribution in [2.45, 2.75) is 51.5 Å². The van der Waals surface area contributed by atoms with Gasteiger partial charge in [0.25, 0.3) is 0 Å². The average Bonchev–Trinajstić information content (AvgIpc) is 3.36. The van der Waals surface area contributed by atoms with Crippen molar-refractivity contribution in [3.8, 4) is 0 Å². The van der Waals surface area contributed by atoms with Crippen LogP contribution in [0.5, 0.6) is 0 Å². The number of aromatic nitrogens is 3. The summed E-state index contributed by atoms with van der Waals surface area (Å²) < 4.78 is 16.8. The number of likely N-dealkylation sites (tertiary alicyclic amines) is 1. The lowest BCUT2D eigenvalue weighted by molar-refractivity contribution is 0.0211. The first-order valence-corrected chi connectivity index (χ1v) is 11.2. The number of aryl methyl sites for hydroxylation is 1. The fourth-order valence-electron chi connectivity index (χ4n) is 3.94. The van der Waals surface area contributed by atoms with Gasteiger partial charge in [0.1, 0.15) is 0 Å². The van der Waals surface area contributed by atoms with Crippen molar-refractivity contribution < 1.29 is 14.0 Å². The summed E-state index contributed by atoms with van der Waals surface area (Å²) in [6.45, 7) is 8.33. The van der Waals surface area contributed by atoms with Crippen LogP contribution in [0.3, 0.4) is 0 Å². The molecule has 154 valence electrons. The smallest absolute Gasteiger partial charge is 0.231 e. The molecule has 0 radical (unpaired) electrons. The molecule has 1 unspecified atom stereocenters. The molecule has 4 heterocycles. The Balaban J connectivity index is 1.22. The van der Waals surface area contributed by atoms with E-state index in [4.69, 9.17) is 14.0 Å². The predicted octanol–water partition coefficient (Wildman–Crippen LogP) is 3.20. The third kappa shape index (κ3) is 5.37. The molecule has 1 atom stereocenters. The molecule has 28 heavy (non-hydrogen) atoms. The fraction of sp³-hybridized carbons (Fsp3) is 0.750. The van der Waals surface area contributed by atoms with Crippen LogP contribution in [0.25, 0.3) is 0 Å². The van der Waals surface area contributed by atoms with Crippen LogP contribution in [0, 0.1) is 12.8 Å². The lowest BCUT2D eigenvalue weighted by Gasteiger charge is -2.30. The third-order valence-electron chi connectivity index (χ3n) is 5.72. The van der Waals surface area contributed by atoms with Crippen LogP contribution in [-0.2, 0) is 22.4 Å². The molecule has 2 aromatic heterocycles. The summed E-state index contributed by atoms with van der Waals surface area (Å²) in [5.41, 5.74) is 3.08. The number of nitrogens with zero attached hydrogens (tertiary/aromatic N) is 4. The Morgan fingerprint density at radius 3 is 3.00 bits per heavy atom. The molecule has 2 aromatic rings. The third-order valence-corrected chi connectivity index (χ3v) is 6.63. The van der Waals surface area contributed by atoms with Gasteiger partial charge in [0.05, 0.1) is 23.7 Å². The molecule has 2 aliphatic heterocycles. The molecule has 8 heteroatoms. The predicted molar refractivity (Wildman–Crippen MR) is 106 cm³/mol. The van der Waals surface area contributed by atoms with Crippen molar-refractivity contribution in [1.82, 2.24) is 20.0 Å². The molecule has 7 nitrogen and oxygen atoms in total. The van der Waals surface area contributed by atoms with E-state index in [-0.39, 0.29) is 0 Å². The number of ether oxygens (including phenoxy) is 2. The van der Waals surface area contributed by atoms with Crippen LogP contribution in [0.1, 0.15) is 53.9 Å². The van der Waals surface area contributed by atoms with Gasteiger partial charge in [-0.1, -0.05) is 5.16 Å². The lowest BCUT2D eigenvalue weighted by Crippen LogP contribution is -2.34. The van der Waals surface area contributed by atoms with E-state index in [2.05, 4.69) is 26.9 Å². The van der Waals surface area contributed by atoms with Gasteiger partial charge in [-0.15, -0.1) is 11.3 Å². The normalized spacial score (nSPS) is 22.0. The Morgan fingerprint density at radius 2 is 2.18 bits per heavy atom. The maximum absolute atomic E-state index is 5.83. The number of piperidine rings is 1. The maximum Gasteiger partial charge on any atom is 0.231 e. The summed E-state index contributed by atoms with van der Waals surface area (Å²) in [6.07, 6.45) is 5.19. The van der Waals surface area contributed by atoms with E-state index < -0.39 is 0 Å². The van der Waals surface area contributed by atoms with Crippen LogP contribution in [-0.4, -0.2) is 59.5 Å². The van der Waals surface area contributed by atoms with Crippen molar-refractivity contribution in [3.63, 3.8) is 0 Å². The van der Waals surface area contributed by atoms with Crippen LogP contribution in [0.2, 0.25) is 0 Å². The molecule has 0 aromatic carbocycles. The molecular weight excluding hydrogens is 376 g/mol. The Hall–Kier alpha value is -1.35. The maximum atomic E-state index is 5.83. The van der Waals surface area contributed by atoms with Crippen molar-refractivity contribution in [3.05, 3.63) is 27.8 Å². The van der Waals surface area contributed by atoms with Gasteiger partial charge in [-0.05, 0) is 45.1 Å². The Labute approximate surface area is 170 Å². The summed E-state index contributed by atoms with van der Waals surface area (Å²) >= 11 is 1.74.